The number of methoxy groups -OCH3 is 2. The van der Waals surface area contributed by atoms with Crippen molar-refractivity contribution >= 4 is 11.7 Å². The first-order valence-electron chi connectivity index (χ1n) is 8.74. The highest BCUT2D eigenvalue weighted by atomic mass is 19.1. The molecule has 1 aromatic heterocycles. The summed E-state index contributed by atoms with van der Waals surface area (Å²) >= 11 is 0. The Bertz CT molecular complexity index is 956. The van der Waals surface area contributed by atoms with Gasteiger partial charge in [-0.1, -0.05) is 12.1 Å². The Morgan fingerprint density at radius 1 is 1.07 bits per heavy atom. The van der Waals surface area contributed by atoms with Crippen LogP contribution in [0.15, 0.2) is 60.8 Å². The lowest BCUT2D eigenvalue weighted by Gasteiger charge is -2.13. The van der Waals surface area contributed by atoms with Gasteiger partial charge >= 0.3 is 6.03 Å². The number of nitrogens with zero attached hydrogens (tertiary/aromatic N) is 1. The summed E-state index contributed by atoms with van der Waals surface area (Å²) in [6.07, 6.45) is 1.90. The minimum absolute atomic E-state index is 0.267. The van der Waals surface area contributed by atoms with Crippen LogP contribution < -0.4 is 20.1 Å². The van der Waals surface area contributed by atoms with Crippen molar-refractivity contribution in [2.24, 2.45) is 0 Å². The first kappa shape index (κ1) is 19.3. The highest BCUT2D eigenvalue weighted by molar-refractivity contribution is 5.91. The molecule has 0 unspecified atom stereocenters. The Kier molecular flexibility index (Phi) is 6.16. The van der Waals surface area contributed by atoms with Gasteiger partial charge in [-0.25, -0.2) is 9.18 Å². The molecule has 0 saturated heterocycles. The number of hydrogen-bond acceptors (Lipinski definition) is 3. The van der Waals surface area contributed by atoms with Crippen molar-refractivity contribution in [1.29, 1.82) is 0 Å². The molecule has 0 spiro atoms. The highest BCUT2D eigenvalue weighted by Gasteiger charge is 2.10. The number of carbonyl (C=O) groups is 1. The predicted molar refractivity (Wildman–Crippen MR) is 105 cm³/mol. The second-order valence-electron chi connectivity index (χ2n) is 6.13. The molecule has 0 radical (unpaired) electrons. The van der Waals surface area contributed by atoms with Crippen molar-refractivity contribution in [3.05, 3.63) is 77.9 Å². The smallest absolute Gasteiger partial charge is 0.319 e. The van der Waals surface area contributed by atoms with E-state index in [1.165, 1.54) is 19.2 Å². The van der Waals surface area contributed by atoms with Gasteiger partial charge in [0, 0.05) is 24.5 Å². The van der Waals surface area contributed by atoms with Crippen LogP contribution in [-0.2, 0) is 13.1 Å². The number of carbonyl (C=O) groups excluding carboxylic acids is 1. The van der Waals surface area contributed by atoms with Crippen molar-refractivity contribution in [3.63, 3.8) is 0 Å². The summed E-state index contributed by atoms with van der Waals surface area (Å²) in [7, 11) is 3.09. The standard InChI is InChI=1S/C21H22FN3O3/c1-27-18-8-9-19(20(12-18)28-2)24-21(26)23-13-17-7-4-10-25(17)14-15-5-3-6-16(22)11-15/h3-12H,13-14H2,1-2H3,(H2,23,24,26). The lowest BCUT2D eigenvalue weighted by Crippen LogP contribution is -2.29. The lowest BCUT2D eigenvalue weighted by atomic mass is 10.2. The van der Waals surface area contributed by atoms with Crippen LogP contribution in [0, 0.1) is 5.82 Å². The summed E-state index contributed by atoms with van der Waals surface area (Å²) in [5.74, 6) is 0.874. The third-order valence-electron chi connectivity index (χ3n) is 4.25. The molecule has 146 valence electrons. The van der Waals surface area contributed by atoms with Crippen LogP contribution in [0.1, 0.15) is 11.3 Å². The number of amides is 2. The number of aromatic nitrogens is 1. The largest absolute Gasteiger partial charge is 0.497 e. The molecule has 2 N–H and O–H groups in total. The van der Waals surface area contributed by atoms with Gasteiger partial charge < -0.3 is 24.7 Å². The Balaban J connectivity index is 1.61. The number of hydrogen-bond donors (Lipinski definition) is 2. The third-order valence-corrected chi connectivity index (χ3v) is 4.25. The van der Waals surface area contributed by atoms with Crippen LogP contribution >= 0.6 is 0 Å². The van der Waals surface area contributed by atoms with E-state index in [9.17, 15) is 9.18 Å². The lowest BCUT2D eigenvalue weighted by molar-refractivity contribution is 0.251. The van der Waals surface area contributed by atoms with E-state index in [4.69, 9.17) is 9.47 Å². The van der Waals surface area contributed by atoms with Gasteiger partial charge in [-0.2, -0.15) is 0 Å². The van der Waals surface area contributed by atoms with Gasteiger partial charge in [0.15, 0.2) is 0 Å². The van der Waals surface area contributed by atoms with E-state index in [1.807, 2.05) is 29.0 Å². The Morgan fingerprint density at radius 2 is 1.93 bits per heavy atom. The normalized spacial score (nSPS) is 10.4. The fourth-order valence-electron chi connectivity index (χ4n) is 2.84. The van der Waals surface area contributed by atoms with Gasteiger partial charge in [0.25, 0.3) is 0 Å². The van der Waals surface area contributed by atoms with E-state index in [0.717, 1.165) is 11.3 Å². The maximum absolute atomic E-state index is 13.4. The van der Waals surface area contributed by atoms with Crippen LogP contribution in [0.5, 0.6) is 11.5 Å². The molecule has 0 aliphatic rings. The highest BCUT2D eigenvalue weighted by Crippen LogP contribution is 2.28. The van der Waals surface area contributed by atoms with Gasteiger partial charge in [0.2, 0.25) is 0 Å². The SMILES string of the molecule is COc1ccc(NC(=O)NCc2cccn2Cc2cccc(F)c2)c(OC)c1. The summed E-state index contributed by atoms with van der Waals surface area (Å²) in [5, 5.41) is 5.58. The molecule has 6 nitrogen and oxygen atoms in total. The monoisotopic (exact) mass is 383 g/mol. The average molecular weight is 383 g/mol. The summed E-state index contributed by atoms with van der Waals surface area (Å²) in [5.41, 5.74) is 2.29. The number of urea groups is 1. The van der Waals surface area contributed by atoms with Crippen LogP contribution in [0.4, 0.5) is 14.9 Å². The second-order valence-corrected chi connectivity index (χ2v) is 6.13. The average Bonchev–Trinajstić information content (AvgIpc) is 3.13. The number of halogens is 1. The van der Waals surface area contributed by atoms with Crippen molar-refractivity contribution in [3.8, 4) is 11.5 Å². The summed E-state index contributed by atoms with van der Waals surface area (Å²) < 4.78 is 25.8. The van der Waals surface area contributed by atoms with E-state index in [0.29, 0.717) is 30.3 Å². The fourth-order valence-corrected chi connectivity index (χ4v) is 2.84. The van der Waals surface area contributed by atoms with E-state index in [1.54, 1.807) is 31.4 Å². The van der Waals surface area contributed by atoms with Crippen molar-refractivity contribution in [1.82, 2.24) is 9.88 Å². The minimum atomic E-state index is -0.359. The first-order valence-corrected chi connectivity index (χ1v) is 8.74. The first-order chi connectivity index (χ1) is 13.6. The fraction of sp³-hybridized carbons (Fsp3) is 0.190. The maximum Gasteiger partial charge on any atom is 0.319 e. The molecule has 0 saturated carbocycles. The Hall–Kier alpha value is -3.48. The zero-order valence-electron chi connectivity index (χ0n) is 15.7. The molecule has 1 heterocycles. The number of anilines is 1. The van der Waals surface area contributed by atoms with Crippen LogP contribution in [0.3, 0.4) is 0 Å². The molecular formula is C21H22FN3O3. The van der Waals surface area contributed by atoms with E-state index < -0.39 is 0 Å². The van der Waals surface area contributed by atoms with Crippen molar-refractivity contribution in [2.45, 2.75) is 13.1 Å². The minimum Gasteiger partial charge on any atom is -0.497 e. The molecule has 0 bridgehead atoms. The van der Waals surface area contributed by atoms with Gasteiger partial charge in [-0.15, -0.1) is 0 Å². The van der Waals surface area contributed by atoms with Gasteiger partial charge in [0.1, 0.15) is 17.3 Å². The van der Waals surface area contributed by atoms with Crippen LogP contribution in [0.25, 0.3) is 0 Å². The van der Waals surface area contributed by atoms with Crippen molar-refractivity contribution < 1.29 is 18.7 Å². The Labute approximate surface area is 162 Å². The van der Waals surface area contributed by atoms with E-state index in [-0.39, 0.29) is 11.8 Å². The molecule has 7 heteroatoms. The summed E-state index contributed by atoms with van der Waals surface area (Å²) in [6, 6.07) is 15.0. The molecule has 3 aromatic rings. The Morgan fingerprint density at radius 3 is 2.68 bits per heavy atom. The predicted octanol–water partition coefficient (Wildman–Crippen LogP) is 4.01. The molecular weight excluding hydrogens is 361 g/mol. The molecule has 0 aliphatic heterocycles. The molecule has 28 heavy (non-hydrogen) atoms. The quantitative estimate of drug-likeness (QED) is 0.648. The second kappa shape index (κ2) is 8.94. The number of benzene rings is 2. The van der Waals surface area contributed by atoms with E-state index in [2.05, 4.69) is 10.6 Å². The maximum atomic E-state index is 13.4. The van der Waals surface area contributed by atoms with E-state index >= 15 is 0 Å². The molecule has 2 aromatic carbocycles. The van der Waals surface area contributed by atoms with Crippen LogP contribution in [-0.4, -0.2) is 24.8 Å². The summed E-state index contributed by atoms with van der Waals surface area (Å²) in [6.45, 7) is 0.850. The number of ether oxygens (including phenoxy) is 2. The molecule has 3 rings (SSSR count). The molecule has 0 fully saturated rings. The van der Waals surface area contributed by atoms with Crippen molar-refractivity contribution in [2.75, 3.05) is 19.5 Å². The van der Waals surface area contributed by atoms with Gasteiger partial charge in [-0.05, 0) is 42.0 Å². The van der Waals surface area contributed by atoms with Gasteiger partial charge in [0.05, 0.1) is 26.5 Å². The number of rotatable bonds is 7. The molecule has 0 atom stereocenters. The summed E-state index contributed by atoms with van der Waals surface area (Å²) in [4.78, 5) is 12.3. The third kappa shape index (κ3) is 4.82. The van der Waals surface area contributed by atoms with Gasteiger partial charge in [-0.3, -0.25) is 0 Å². The zero-order chi connectivity index (χ0) is 19.9. The topological polar surface area (TPSA) is 64.5 Å². The number of nitrogens with one attached hydrogen (secondary N) is 2. The van der Waals surface area contributed by atoms with Crippen LogP contribution in [0.2, 0.25) is 0 Å². The molecule has 2 amide bonds. The zero-order valence-corrected chi connectivity index (χ0v) is 15.7. The molecule has 0 aliphatic carbocycles.